The van der Waals surface area contributed by atoms with Gasteiger partial charge in [0.1, 0.15) is 11.6 Å². The van der Waals surface area contributed by atoms with Gasteiger partial charge in [-0.25, -0.2) is 4.98 Å². The van der Waals surface area contributed by atoms with Crippen LogP contribution in [-0.4, -0.2) is 36.7 Å². The standard InChI is InChI=1S/C16H22N4O2/c1-11-14(12(2)22-19-11)6-5-9-17-16(21)13-7-8-15(18-10-13)20(3)4/h7-8,10H,5-6,9H2,1-4H3,(H,17,21). The molecule has 22 heavy (non-hydrogen) atoms. The number of nitrogens with one attached hydrogen (secondary N) is 1. The van der Waals surface area contributed by atoms with E-state index in [4.69, 9.17) is 4.52 Å². The second-order valence-electron chi connectivity index (χ2n) is 5.46. The Bertz CT molecular complexity index is 613. The monoisotopic (exact) mass is 302 g/mol. The molecular weight excluding hydrogens is 280 g/mol. The molecule has 0 radical (unpaired) electrons. The molecule has 1 N–H and O–H groups in total. The van der Waals surface area contributed by atoms with Crippen molar-refractivity contribution < 1.29 is 9.32 Å². The Morgan fingerprint density at radius 3 is 2.64 bits per heavy atom. The molecule has 2 rings (SSSR count). The second kappa shape index (κ2) is 7.06. The summed E-state index contributed by atoms with van der Waals surface area (Å²) >= 11 is 0. The van der Waals surface area contributed by atoms with Crippen LogP contribution < -0.4 is 10.2 Å². The minimum absolute atomic E-state index is 0.100. The van der Waals surface area contributed by atoms with E-state index in [-0.39, 0.29) is 5.91 Å². The van der Waals surface area contributed by atoms with Gasteiger partial charge in [-0.3, -0.25) is 4.79 Å². The topological polar surface area (TPSA) is 71.3 Å². The molecule has 1 amide bonds. The van der Waals surface area contributed by atoms with E-state index in [0.717, 1.165) is 35.7 Å². The Morgan fingerprint density at radius 2 is 2.09 bits per heavy atom. The molecule has 0 spiro atoms. The van der Waals surface area contributed by atoms with Crippen LogP contribution in [0.1, 0.15) is 33.8 Å². The zero-order chi connectivity index (χ0) is 16.1. The summed E-state index contributed by atoms with van der Waals surface area (Å²) in [4.78, 5) is 18.2. The van der Waals surface area contributed by atoms with Gasteiger partial charge in [0.05, 0.1) is 11.3 Å². The fourth-order valence-electron chi connectivity index (χ4n) is 2.21. The smallest absolute Gasteiger partial charge is 0.252 e. The van der Waals surface area contributed by atoms with Crippen molar-refractivity contribution in [2.75, 3.05) is 25.5 Å². The number of rotatable bonds is 6. The fourth-order valence-corrected chi connectivity index (χ4v) is 2.21. The van der Waals surface area contributed by atoms with Crippen LogP contribution in [0.4, 0.5) is 5.82 Å². The third-order valence-corrected chi connectivity index (χ3v) is 3.54. The highest BCUT2D eigenvalue weighted by atomic mass is 16.5. The highest BCUT2D eigenvalue weighted by Crippen LogP contribution is 2.14. The van der Waals surface area contributed by atoms with Crippen molar-refractivity contribution in [3.8, 4) is 0 Å². The van der Waals surface area contributed by atoms with Crippen LogP contribution in [0.15, 0.2) is 22.9 Å². The normalized spacial score (nSPS) is 10.5. The van der Waals surface area contributed by atoms with Crippen molar-refractivity contribution in [3.05, 3.63) is 40.9 Å². The SMILES string of the molecule is Cc1noc(C)c1CCCNC(=O)c1ccc(N(C)C)nc1. The molecule has 0 saturated heterocycles. The molecule has 2 aromatic heterocycles. The molecule has 6 heteroatoms. The molecule has 0 fully saturated rings. The lowest BCUT2D eigenvalue weighted by atomic mass is 10.1. The molecule has 0 bridgehead atoms. The summed E-state index contributed by atoms with van der Waals surface area (Å²) in [6.45, 7) is 4.45. The maximum atomic E-state index is 12.0. The number of hydrogen-bond acceptors (Lipinski definition) is 5. The summed E-state index contributed by atoms with van der Waals surface area (Å²) in [5.74, 6) is 1.58. The van der Waals surface area contributed by atoms with Gasteiger partial charge in [0, 0.05) is 32.4 Å². The Morgan fingerprint density at radius 1 is 1.32 bits per heavy atom. The number of hydrogen-bond donors (Lipinski definition) is 1. The molecule has 2 aromatic rings. The Labute approximate surface area is 130 Å². The zero-order valence-corrected chi connectivity index (χ0v) is 13.5. The molecule has 118 valence electrons. The number of carbonyl (C=O) groups is 1. The molecule has 0 unspecified atom stereocenters. The summed E-state index contributed by atoms with van der Waals surface area (Å²) in [5.41, 5.74) is 2.63. The average molecular weight is 302 g/mol. The Balaban J connectivity index is 1.80. The minimum Gasteiger partial charge on any atom is -0.363 e. The van der Waals surface area contributed by atoms with Gasteiger partial charge in [0.25, 0.3) is 5.91 Å². The summed E-state index contributed by atoms with van der Waals surface area (Å²) in [6.07, 6.45) is 3.29. The van der Waals surface area contributed by atoms with Gasteiger partial charge in [-0.05, 0) is 38.8 Å². The number of carbonyl (C=O) groups excluding carboxylic acids is 1. The van der Waals surface area contributed by atoms with Gasteiger partial charge in [0.2, 0.25) is 0 Å². The van der Waals surface area contributed by atoms with E-state index in [1.165, 1.54) is 0 Å². The van der Waals surface area contributed by atoms with Gasteiger partial charge in [0.15, 0.2) is 0 Å². The number of aryl methyl sites for hydroxylation is 2. The van der Waals surface area contributed by atoms with Crippen molar-refractivity contribution in [2.24, 2.45) is 0 Å². The van der Waals surface area contributed by atoms with E-state index in [0.29, 0.717) is 12.1 Å². The molecule has 0 atom stereocenters. The van der Waals surface area contributed by atoms with Crippen LogP contribution in [0.2, 0.25) is 0 Å². The lowest BCUT2D eigenvalue weighted by Gasteiger charge is -2.11. The van der Waals surface area contributed by atoms with E-state index in [1.807, 2.05) is 38.9 Å². The second-order valence-corrected chi connectivity index (χ2v) is 5.46. The lowest BCUT2D eigenvalue weighted by Crippen LogP contribution is -2.25. The average Bonchev–Trinajstić information content (AvgIpc) is 2.82. The zero-order valence-electron chi connectivity index (χ0n) is 13.5. The number of anilines is 1. The number of amides is 1. The first kappa shape index (κ1) is 16.0. The molecule has 0 aliphatic heterocycles. The van der Waals surface area contributed by atoms with Gasteiger partial charge >= 0.3 is 0 Å². The predicted octanol–water partition coefficient (Wildman–Crippen LogP) is 2.12. The Kier molecular flexibility index (Phi) is 5.14. The van der Waals surface area contributed by atoms with Gasteiger partial charge in [-0.15, -0.1) is 0 Å². The molecule has 0 aliphatic rings. The molecule has 2 heterocycles. The van der Waals surface area contributed by atoms with E-state index >= 15 is 0 Å². The van der Waals surface area contributed by atoms with Crippen molar-refractivity contribution in [2.45, 2.75) is 26.7 Å². The van der Waals surface area contributed by atoms with Crippen LogP contribution in [0, 0.1) is 13.8 Å². The highest BCUT2D eigenvalue weighted by Gasteiger charge is 2.09. The number of nitrogens with zero attached hydrogens (tertiary/aromatic N) is 3. The summed E-state index contributed by atoms with van der Waals surface area (Å²) in [7, 11) is 3.83. The minimum atomic E-state index is -0.100. The van der Waals surface area contributed by atoms with Gasteiger partial charge < -0.3 is 14.7 Å². The van der Waals surface area contributed by atoms with Gasteiger partial charge in [-0.1, -0.05) is 5.16 Å². The van der Waals surface area contributed by atoms with Crippen LogP contribution >= 0.6 is 0 Å². The maximum absolute atomic E-state index is 12.0. The van der Waals surface area contributed by atoms with Crippen molar-refractivity contribution in [1.29, 1.82) is 0 Å². The molecule has 0 aliphatic carbocycles. The van der Waals surface area contributed by atoms with Crippen LogP contribution in [0.3, 0.4) is 0 Å². The summed E-state index contributed by atoms with van der Waals surface area (Å²) < 4.78 is 5.12. The number of aromatic nitrogens is 2. The maximum Gasteiger partial charge on any atom is 0.252 e. The third kappa shape index (κ3) is 3.84. The van der Waals surface area contributed by atoms with Crippen molar-refractivity contribution in [1.82, 2.24) is 15.5 Å². The summed E-state index contributed by atoms with van der Waals surface area (Å²) in [5, 5.41) is 6.83. The quantitative estimate of drug-likeness (QED) is 0.828. The first-order valence-corrected chi connectivity index (χ1v) is 7.32. The van der Waals surface area contributed by atoms with Crippen molar-refractivity contribution >= 4 is 11.7 Å². The van der Waals surface area contributed by atoms with E-state index in [9.17, 15) is 4.79 Å². The van der Waals surface area contributed by atoms with Crippen molar-refractivity contribution in [3.63, 3.8) is 0 Å². The first-order valence-electron chi connectivity index (χ1n) is 7.32. The molecule has 6 nitrogen and oxygen atoms in total. The largest absolute Gasteiger partial charge is 0.363 e. The molecule has 0 saturated carbocycles. The van der Waals surface area contributed by atoms with Gasteiger partial charge in [-0.2, -0.15) is 0 Å². The Hall–Kier alpha value is -2.37. The summed E-state index contributed by atoms with van der Waals surface area (Å²) in [6, 6.07) is 3.62. The van der Waals surface area contributed by atoms with E-state index in [1.54, 1.807) is 12.3 Å². The van der Waals surface area contributed by atoms with Crippen LogP contribution in [-0.2, 0) is 6.42 Å². The predicted molar refractivity (Wildman–Crippen MR) is 85.2 cm³/mol. The van der Waals surface area contributed by atoms with Crippen LogP contribution in [0.25, 0.3) is 0 Å². The fraction of sp³-hybridized carbons (Fsp3) is 0.438. The highest BCUT2D eigenvalue weighted by molar-refractivity contribution is 5.94. The molecular formula is C16H22N4O2. The first-order chi connectivity index (χ1) is 10.5. The lowest BCUT2D eigenvalue weighted by molar-refractivity contribution is 0.0953. The van der Waals surface area contributed by atoms with E-state index < -0.39 is 0 Å². The van der Waals surface area contributed by atoms with Crippen LogP contribution in [0.5, 0.6) is 0 Å². The third-order valence-electron chi connectivity index (χ3n) is 3.54. The number of pyridine rings is 1. The molecule has 0 aromatic carbocycles. The van der Waals surface area contributed by atoms with E-state index in [2.05, 4.69) is 15.5 Å².